The smallest absolute Gasteiger partial charge is 0.161 e. The molecule has 2 bridgehead atoms. The van der Waals surface area contributed by atoms with Crippen molar-refractivity contribution in [1.82, 2.24) is 4.98 Å². The van der Waals surface area contributed by atoms with Crippen molar-refractivity contribution < 1.29 is 9.84 Å². The Hall–Kier alpha value is -2.74. The zero-order valence-corrected chi connectivity index (χ0v) is 14.2. The summed E-state index contributed by atoms with van der Waals surface area (Å²) in [5.74, 6) is 2.58. The van der Waals surface area contributed by atoms with Gasteiger partial charge in [0, 0.05) is 31.1 Å². The minimum absolute atomic E-state index is 0.142. The highest BCUT2D eigenvalue weighted by molar-refractivity contribution is 5.44. The summed E-state index contributed by atoms with van der Waals surface area (Å²) in [6.45, 7) is 3.75. The number of nitrogens with zero attached hydrogens (tertiary/aromatic N) is 3. The van der Waals surface area contributed by atoms with Crippen LogP contribution in [0.25, 0.3) is 0 Å². The van der Waals surface area contributed by atoms with Gasteiger partial charge in [-0.2, -0.15) is 5.26 Å². The van der Waals surface area contributed by atoms with Crippen LogP contribution in [0.2, 0.25) is 0 Å². The number of aryl methyl sites for hydroxylation is 1. The van der Waals surface area contributed by atoms with Gasteiger partial charge in [-0.15, -0.1) is 0 Å². The number of benzene rings is 1. The first-order chi connectivity index (χ1) is 12.1. The van der Waals surface area contributed by atoms with Gasteiger partial charge in [-0.3, -0.25) is 0 Å². The van der Waals surface area contributed by atoms with Crippen LogP contribution in [0, 0.1) is 30.1 Å². The Morgan fingerprint density at radius 1 is 1.20 bits per heavy atom. The number of ether oxygens (including phenoxy) is 1. The number of pyridine rings is 1. The van der Waals surface area contributed by atoms with Gasteiger partial charge in [0.25, 0.3) is 0 Å². The zero-order valence-electron chi connectivity index (χ0n) is 14.2. The monoisotopic (exact) mass is 335 g/mol. The second-order valence-corrected chi connectivity index (χ2v) is 7.07. The first-order valence-corrected chi connectivity index (χ1v) is 8.71. The second kappa shape index (κ2) is 6.29. The Labute approximate surface area is 147 Å². The third kappa shape index (κ3) is 3.00. The van der Waals surface area contributed by atoms with E-state index < -0.39 is 0 Å². The predicted octanol–water partition coefficient (Wildman–Crippen LogP) is 3.26. The van der Waals surface area contributed by atoms with Gasteiger partial charge < -0.3 is 14.7 Å². The number of aromatic hydroxyl groups is 1. The molecule has 1 aliphatic carbocycles. The minimum Gasteiger partial charge on any atom is -0.504 e. The van der Waals surface area contributed by atoms with Crippen LogP contribution >= 0.6 is 0 Å². The van der Waals surface area contributed by atoms with E-state index in [1.807, 2.05) is 31.2 Å². The maximum Gasteiger partial charge on any atom is 0.161 e. The van der Waals surface area contributed by atoms with Crippen LogP contribution < -0.4 is 9.64 Å². The van der Waals surface area contributed by atoms with E-state index in [1.165, 1.54) is 0 Å². The van der Waals surface area contributed by atoms with Gasteiger partial charge >= 0.3 is 0 Å². The summed E-state index contributed by atoms with van der Waals surface area (Å²) in [6.07, 6.45) is 4.04. The highest BCUT2D eigenvalue weighted by Crippen LogP contribution is 2.42. The number of phenols is 1. The van der Waals surface area contributed by atoms with Gasteiger partial charge in [-0.25, -0.2) is 4.98 Å². The Morgan fingerprint density at radius 3 is 2.56 bits per heavy atom. The van der Waals surface area contributed by atoms with Crippen LogP contribution in [0.3, 0.4) is 0 Å². The third-order valence-corrected chi connectivity index (χ3v) is 5.33. The van der Waals surface area contributed by atoms with Gasteiger partial charge in [-0.05, 0) is 49.6 Å². The van der Waals surface area contributed by atoms with Gasteiger partial charge in [0.05, 0.1) is 5.56 Å². The molecule has 1 unspecified atom stereocenters. The molecule has 5 nitrogen and oxygen atoms in total. The number of phenolic OH excluding ortho intramolecular Hbond substituents is 1. The fraction of sp³-hybridized carbons (Fsp3) is 0.400. The molecule has 1 aliphatic heterocycles. The van der Waals surface area contributed by atoms with Crippen molar-refractivity contribution in [3.8, 4) is 17.6 Å². The minimum atomic E-state index is 0.142. The number of hydrogen-bond donors (Lipinski definition) is 1. The average molecular weight is 335 g/mol. The molecular weight excluding hydrogens is 314 g/mol. The van der Waals surface area contributed by atoms with Crippen LogP contribution in [0.1, 0.15) is 24.0 Å². The third-order valence-electron chi connectivity index (χ3n) is 5.33. The Bertz CT molecular complexity index is 799. The first-order valence-electron chi connectivity index (χ1n) is 8.71. The number of nitriles is 1. The maximum atomic E-state index is 10.1. The average Bonchev–Trinajstić information content (AvgIpc) is 2.85. The van der Waals surface area contributed by atoms with Gasteiger partial charge in [-0.1, -0.05) is 6.07 Å². The van der Waals surface area contributed by atoms with Crippen LogP contribution in [-0.4, -0.2) is 29.3 Å². The number of hydrogen-bond acceptors (Lipinski definition) is 5. The van der Waals surface area contributed by atoms with E-state index in [2.05, 4.69) is 16.0 Å². The summed E-state index contributed by atoms with van der Waals surface area (Å²) in [7, 11) is 0. The van der Waals surface area contributed by atoms with Crippen molar-refractivity contribution in [3.05, 3.63) is 47.7 Å². The summed E-state index contributed by atoms with van der Waals surface area (Å²) in [6, 6.07) is 11.4. The van der Waals surface area contributed by atoms with Crippen molar-refractivity contribution in [1.29, 1.82) is 5.26 Å². The van der Waals surface area contributed by atoms with Crippen molar-refractivity contribution >= 4 is 5.82 Å². The number of piperidine rings is 1. The van der Waals surface area contributed by atoms with Gasteiger partial charge in [0.15, 0.2) is 11.5 Å². The highest BCUT2D eigenvalue weighted by Gasteiger charge is 2.44. The summed E-state index contributed by atoms with van der Waals surface area (Å²) in [5.41, 5.74) is 1.61. The summed E-state index contributed by atoms with van der Waals surface area (Å²) < 4.78 is 6.21. The fourth-order valence-electron chi connectivity index (χ4n) is 4.07. The molecule has 25 heavy (non-hydrogen) atoms. The molecular formula is C20H21N3O2. The molecule has 0 spiro atoms. The van der Waals surface area contributed by atoms with Crippen LogP contribution in [-0.2, 0) is 0 Å². The molecule has 5 heteroatoms. The van der Waals surface area contributed by atoms with E-state index in [0.717, 1.165) is 37.3 Å². The number of aromatic nitrogens is 1. The molecule has 0 radical (unpaired) electrons. The van der Waals surface area contributed by atoms with E-state index >= 15 is 0 Å². The molecule has 1 aromatic heterocycles. The lowest BCUT2D eigenvalue weighted by molar-refractivity contribution is 0.0997. The normalized spacial score (nSPS) is 24.8. The second-order valence-electron chi connectivity index (χ2n) is 7.07. The Balaban J connectivity index is 1.49. The fourth-order valence-corrected chi connectivity index (χ4v) is 4.07. The Morgan fingerprint density at radius 2 is 1.96 bits per heavy atom. The predicted molar refractivity (Wildman–Crippen MR) is 94.6 cm³/mol. The van der Waals surface area contributed by atoms with E-state index in [1.54, 1.807) is 12.3 Å². The van der Waals surface area contributed by atoms with Gasteiger partial charge in [0.1, 0.15) is 18.0 Å². The zero-order chi connectivity index (χ0) is 17.4. The van der Waals surface area contributed by atoms with Crippen molar-refractivity contribution in [2.45, 2.75) is 25.9 Å². The molecule has 1 N–H and O–H groups in total. The van der Waals surface area contributed by atoms with Crippen LogP contribution in [0.5, 0.6) is 11.5 Å². The molecule has 0 amide bonds. The lowest BCUT2D eigenvalue weighted by atomic mass is 9.94. The van der Waals surface area contributed by atoms with Crippen molar-refractivity contribution in [2.75, 3.05) is 18.0 Å². The first kappa shape index (κ1) is 15.8. The van der Waals surface area contributed by atoms with E-state index in [4.69, 9.17) is 10.00 Å². The standard InChI is InChI=1S/C20H21N3O2/c1-13-2-6-18(17(24)8-13)25-20-15-4-5-16(20)12-23(11-15)19-7-3-14(9-21)10-22-19/h2-3,6-8,10,15-16,20,24H,4-5,11-12H2,1H3/t15-,16+,20?. The quantitative estimate of drug-likeness (QED) is 0.932. The largest absolute Gasteiger partial charge is 0.504 e. The lowest BCUT2D eigenvalue weighted by Crippen LogP contribution is -2.47. The molecule has 2 aromatic rings. The number of anilines is 1. The van der Waals surface area contributed by atoms with Crippen molar-refractivity contribution in [2.24, 2.45) is 11.8 Å². The Kier molecular flexibility index (Phi) is 3.96. The van der Waals surface area contributed by atoms with Crippen molar-refractivity contribution in [3.63, 3.8) is 0 Å². The summed E-state index contributed by atoms with van der Waals surface area (Å²) in [4.78, 5) is 6.72. The van der Waals surface area contributed by atoms with E-state index in [0.29, 0.717) is 23.1 Å². The molecule has 2 fully saturated rings. The number of fused-ring (bicyclic) bond motifs is 2. The molecule has 4 rings (SSSR count). The summed E-state index contributed by atoms with van der Waals surface area (Å²) in [5, 5.41) is 19.0. The number of rotatable bonds is 3. The maximum absolute atomic E-state index is 10.1. The molecule has 2 heterocycles. The van der Waals surface area contributed by atoms with E-state index in [-0.39, 0.29) is 11.9 Å². The SMILES string of the molecule is Cc1ccc(OC2[C@@H]3CC[C@H]2CN(c2ccc(C#N)cn2)C3)c(O)c1. The molecule has 3 atom stereocenters. The van der Waals surface area contributed by atoms with E-state index in [9.17, 15) is 5.11 Å². The molecule has 1 aromatic carbocycles. The summed E-state index contributed by atoms with van der Waals surface area (Å²) >= 11 is 0. The molecule has 1 saturated carbocycles. The van der Waals surface area contributed by atoms with Crippen LogP contribution in [0.15, 0.2) is 36.5 Å². The topological polar surface area (TPSA) is 69.4 Å². The molecule has 2 aliphatic rings. The lowest BCUT2D eigenvalue weighted by Gasteiger charge is -2.38. The van der Waals surface area contributed by atoms with Gasteiger partial charge in [0.2, 0.25) is 0 Å². The highest BCUT2D eigenvalue weighted by atomic mass is 16.5. The molecule has 1 saturated heterocycles. The van der Waals surface area contributed by atoms with Crippen LogP contribution in [0.4, 0.5) is 5.82 Å². The molecule has 128 valence electrons.